The zero-order valence-electron chi connectivity index (χ0n) is 20.0. The van der Waals surface area contributed by atoms with E-state index in [9.17, 15) is 9.59 Å². The van der Waals surface area contributed by atoms with Gasteiger partial charge < -0.3 is 14.6 Å². The number of fused-ring (bicyclic) bond motifs is 3. The lowest BCUT2D eigenvalue weighted by atomic mass is 10.0. The van der Waals surface area contributed by atoms with Gasteiger partial charge in [0.1, 0.15) is 6.04 Å². The summed E-state index contributed by atoms with van der Waals surface area (Å²) in [6, 6.07) is 15.2. The second-order valence-corrected chi connectivity index (χ2v) is 10.4. The highest BCUT2D eigenvalue weighted by molar-refractivity contribution is 8.00. The maximum Gasteiger partial charge on any atom is 0.247 e. The van der Waals surface area contributed by atoms with E-state index in [0.29, 0.717) is 19.6 Å². The van der Waals surface area contributed by atoms with Crippen LogP contribution in [0.15, 0.2) is 58.5 Å². The van der Waals surface area contributed by atoms with Gasteiger partial charge in [0.15, 0.2) is 0 Å². The Labute approximate surface area is 209 Å². The highest BCUT2D eigenvalue weighted by atomic mass is 32.2. The van der Waals surface area contributed by atoms with Gasteiger partial charge in [-0.1, -0.05) is 36.0 Å². The van der Waals surface area contributed by atoms with Crippen LogP contribution in [0.3, 0.4) is 0 Å². The van der Waals surface area contributed by atoms with E-state index in [-0.39, 0.29) is 23.7 Å². The third kappa shape index (κ3) is 4.99. The van der Waals surface area contributed by atoms with E-state index in [1.807, 2.05) is 69.6 Å². The van der Waals surface area contributed by atoms with Crippen molar-refractivity contribution < 1.29 is 14.3 Å². The molecular formula is C26H31N3O3S2. The molecule has 1 atom stereocenters. The third-order valence-electron chi connectivity index (χ3n) is 5.87. The smallest absolute Gasteiger partial charge is 0.247 e. The Morgan fingerprint density at radius 1 is 1.24 bits per heavy atom. The van der Waals surface area contributed by atoms with Crippen LogP contribution in [-0.2, 0) is 21.4 Å². The number of nitrogens with one attached hydrogen (secondary N) is 1. The van der Waals surface area contributed by atoms with Crippen molar-refractivity contribution in [2.24, 2.45) is 7.05 Å². The number of thioether (sulfide) groups is 2. The van der Waals surface area contributed by atoms with Gasteiger partial charge in [-0.2, -0.15) is 0 Å². The number of amides is 2. The number of para-hydroxylation sites is 1. The van der Waals surface area contributed by atoms with Gasteiger partial charge in [0.05, 0.1) is 16.9 Å². The quantitative estimate of drug-likeness (QED) is 0.350. The van der Waals surface area contributed by atoms with Crippen LogP contribution in [0, 0.1) is 0 Å². The summed E-state index contributed by atoms with van der Waals surface area (Å²) in [7, 11) is 2.00. The number of rotatable bonds is 8. The van der Waals surface area contributed by atoms with Crippen molar-refractivity contribution >= 4 is 51.9 Å². The first-order valence-electron chi connectivity index (χ1n) is 11.5. The molecule has 34 heavy (non-hydrogen) atoms. The fourth-order valence-corrected chi connectivity index (χ4v) is 5.83. The molecule has 0 spiro atoms. The minimum Gasteiger partial charge on any atom is -0.379 e. The monoisotopic (exact) mass is 497 g/mol. The van der Waals surface area contributed by atoms with Crippen LogP contribution in [0.25, 0.3) is 10.9 Å². The molecule has 0 aliphatic carbocycles. The zero-order valence-corrected chi connectivity index (χ0v) is 21.7. The van der Waals surface area contributed by atoms with Crippen molar-refractivity contribution in [1.29, 1.82) is 0 Å². The molecule has 180 valence electrons. The SMILES string of the molecule is CSc1cccc(N2C(=O)CSc3c(c4ccccc4n3C)[C@@H]2C(=O)NCCCOC(C)C)c1. The minimum atomic E-state index is -0.758. The van der Waals surface area contributed by atoms with Gasteiger partial charge in [-0.15, -0.1) is 11.8 Å². The van der Waals surface area contributed by atoms with Crippen LogP contribution in [0.5, 0.6) is 0 Å². The summed E-state index contributed by atoms with van der Waals surface area (Å²) in [4.78, 5) is 30.0. The summed E-state index contributed by atoms with van der Waals surface area (Å²) in [6.07, 6.45) is 2.87. The molecule has 1 N–H and O–H groups in total. The molecule has 2 heterocycles. The average molecular weight is 498 g/mol. The van der Waals surface area contributed by atoms with Crippen LogP contribution in [0.1, 0.15) is 31.9 Å². The molecule has 1 aliphatic rings. The fraction of sp³-hybridized carbons (Fsp3) is 0.385. The predicted octanol–water partition coefficient (Wildman–Crippen LogP) is 5.01. The number of hydrogen-bond donors (Lipinski definition) is 1. The highest BCUT2D eigenvalue weighted by Gasteiger charge is 2.39. The highest BCUT2D eigenvalue weighted by Crippen LogP contribution is 2.43. The largest absolute Gasteiger partial charge is 0.379 e. The lowest BCUT2D eigenvalue weighted by Crippen LogP contribution is -2.44. The van der Waals surface area contributed by atoms with Crippen LogP contribution >= 0.6 is 23.5 Å². The predicted molar refractivity (Wildman–Crippen MR) is 141 cm³/mol. The Kier molecular flexibility index (Phi) is 7.91. The number of nitrogens with zero attached hydrogens (tertiary/aromatic N) is 2. The molecule has 1 aliphatic heterocycles. The number of hydrogen-bond acceptors (Lipinski definition) is 5. The van der Waals surface area contributed by atoms with E-state index in [2.05, 4.69) is 16.0 Å². The molecule has 6 nitrogen and oxygen atoms in total. The Balaban J connectivity index is 1.77. The molecular weight excluding hydrogens is 466 g/mol. The number of carbonyl (C=O) groups excluding carboxylic acids is 2. The first-order chi connectivity index (χ1) is 16.4. The Morgan fingerprint density at radius 3 is 2.79 bits per heavy atom. The van der Waals surface area contributed by atoms with Gasteiger partial charge in [0.2, 0.25) is 11.8 Å². The van der Waals surface area contributed by atoms with Crippen molar-refractivity contribution in [1.82, 2.24) is 9.88 Å². The van der Waals surface area contributed by atoms with E-state index < -0.39 is 6.04 Å². The molecule has 0 saturated carbocycles. The Bertz CT molecular complexity index is 1190. The van der Waals surface area contributed by atoms with Crippen molar-refractivity contribution in [2.45, 2.75) is 42.3 Å². The lowest BCUT2D eigenvalue weighted by Gasteiger charge is -2.30. The van der Waals surface area contributed by atoms with Crippen molar-refractivity contribution in [3.8, 4) is 0 Å². The van der Waals surface area contributed by atoms with E-state index in [1.165, 1.54) is 11.8 Å². The van der Waals surface area contributed by atoms with E-state index >= 15 is 0 Å². The maximum absolute atomic E-state index is 13.8. The van der Waals surface area contributed by atoms with E-state index in [0.717, 1.165) is 32.1 Å². The number of ether oxygens (including phenoxy) is 1. The summed E-state index contributed by atoms with van der Waals surface area (Å²) >= 11 is 3.12. The molecule has 0 bridgehead atoms. The summed E-state index contributed by atoms with van der Waals surface area (Å²) < 4.78 is 7.71. The summed E-state index contributed by atoms with van der Waals surface area (Å²) in [5, 5.41) is 5.04. The first kappa shape index (κ1) is 24.7. The molecule has 8 heteroatoms. The molecule has 4 rings (SSSR count). The van der Waals surface area contributed by atoms with Gasteiger partial charge in [-0.3, -0.25) is 14.5 Å². The Morgan fingerprint density at radius 2 is 2.03 bits per heavy atom. The minimum absolute atomic E-state index is 0.0770. The molecule has 2 amide bonds. The second kappa shape index (κ2) is 10.9. The topological polar surface area (TPSA) is 63.6 Å². The van der Waals surface area contributed by atoms with Gasteiger partial charge >= 0.3 is 0 Å². The fourth-order valence-electron chi connectivity index (χ4n) is 4.31. The second-order valence-electron chi connectivity index (χ2n) is 8.52. The summed E-state index contributed by atoms with van der Waals surface area (Å²) in [5.41, 5.74) is 2.68. The standard InChI is InChI=1S/C26H31N3O3S2/c1-17(2)32-14-8-13-27-25(31)24-23-20-11-5-6-12-21(20)28(3)26(23)34-16-22(30)29(24)18-9-7-10-19(15-18)33-4/h5-7,9-12,15,17,24H,8,13-14,16H2,1-4H3,(H,27,31)/t24-/m1/s1. The van der Waals surface area contributed by atoms with Crippen molar-refractivity contribution in [3.05, 3.63) is 54.1 Å². The molecule has 2 aromatic carbocycles. The number of anilines is 1. The van der Waals surface area contributed by atoms with Gasteiger partial charge in [0.25, 0.3) is 0 Å². The first-order valence-corrected chi connectivity index (χ1v) is 13.7. The molecule has 0 radical (unpaired) electrons. The van der Waals surface area contributed by atoms with Crippen molar-refractivity contribution in [2.75, 3.05) is 30.1 Å². The molecule has 3 aromatic rings. The zero-order chi connectivity index (χ0) is 24.2. The van der Waals surface area contributed by atoms with Crippen LogP contribution in [0.2, 0.25) is 0 Å². The van der Waals surface area contributed by atoms with E-state index in [1.54, 1.807) is 16.7 Å². The third-order valence-corrected chi connectivity index (χ3v) is 7.76. The molecule has 1 aromatic heterocycles. The summed E-state index contributed by atoms with van der Waals surface area (Å²) in [6.45, 7) is 5.06. The number of aromatic nitrogens is 1. The number of aryl methyl sites for hydroxylation is 1. The number of carbonyl (C=O) groups is 2. The van der Waals surface area contributed by atoms with Crippen LogP contribution in [-0.4, -0.2) is 47.6 Å². The normalized spacial score (nSPS) is 16.1. The van der Waals surface area contributed by atoms with Crippen molar-refractivity contribution in [3.63, 3.8) is 0 Å². The van der Waals surface area contributed by atoms with Gasteiger partial charge in [-0.25, -0.2) is 0 Å². The summed E-state index contributed by atoms with van der Waals surface area (Å²) in [5.74, 6) is 0.0199. The average Bonchev–Trinajstić information content (AvgIpc) is 3.01. The van der Waals surface area contributed by atoms with Crippen LogP contribution < -0.4 is 10.2 Å². The van der Waals surface area contributed by atoms with Gasteiger partial charge in [0, 0.05) is 47.2 Å². The van der Waals surface area contributed by atoms with E-state index in [4.69, 9.17) is 4.74 Å². The molecule has 0 fully saturated rings. The molecule has 0 unspecified atom stereocenters. The molecule has 0 saturated heterocycles. The number of benzene rings is 2. The lowest BCUT2D eigenvalue weighted by molar-refractivity contribution is -0.125. The Hall–Kier alpha value is -2.42. The van der Waals surface area contributed by atoms with Crippen LogP contribution in [0.4, 0.5) is 5.69 Å². The van der Waals surface area contributed by atoms with Gasteiger partial charge in [-0.05, 0) is 50.8 Å². The maximum atomic E-state index is 13.8.